The molecule has 1 aliphatic rings. The minimum atomic E-state index is -3.09. The molecular formula is C16H19NO6S. The molecule has 7 nitrogen and oxygen atoms in total. The van der Waals surface area contributed by atoms with Crippen molar-refractivity contribution in [2.24, 2.45) is 0 Å². The molecule has 1 fully saturated rings. The van der Waals surface area contributed by atoms with Crippen molar-refractivity contribution in [1.29, 1.82) is 0 Å². The topological polar surface area (TPSA) is 98.8 Å². The maximum absolute atomic E-state index is 11.9. The highest BCUT2D eigenvalue weighted by molar-refractivity contribution is 7.91. The molecule has 0 spiro atoms. The molecule has 1 aromatic rings. The van der Waals surface area contributed by atoms with E-state index in [9.17, 15) is 18.0 Å². The van der Waals surface area contributed by atoms with Crippen molar-refractivity contribution in [3.05, 3.63) is 47.2 Å². The lowest BCUT2D eigenvalue weighted by Gasteiger charge is -2.18. The fourth-order valence-electron chi connectivity index (χ4n) is 2.28. The number of hydrogen-bond donors (Lipinski definition) is 1. The molecule has 0 aromatic heterocycles. The van der Waals surface area contributed by atoms with Crippen LogP contribution in [0, 0.1) is 0 Å². The SMILES string of the molecule is COC(=O)C(NC(=O)OCc1ccccc1)=C1CCS(=O)(=O)CC1. The van der Waals surface area contributed by atoms with Gasteiger partial charge in [-0.25, -0.2) is 18.0 Å². The summed E-state index contributed by atoms with van der Waals surface area (Å²) in [5, 5.41) is 2.38. The maximum atomic E-state index is 11.9. The number of hydrogen-bond acceptors (Lipinski definition) is 6. The van der Waals surface area contributed by atoms with Gasteiger partial charge in [-0.3, -0.25) is 5.32 Å². The van der Waals surface area contributed by atoms with Crippen molar-refractivity contribution in [1.82, 2.24) is 5.32 Å². The Hall–Kier alpha value is -2.35. The highest BCUT2D eigenvalue weighted by Crippen LogP contribution is 2.21. The van der Waals surface area contributed by atoms with Crippen molar-refractivity contribution in [3.8, 4) is 0 Å². The summed E-state index contributed by atoms with van der Waals surface area (Å²) in [6.45, 7) is 0.0604. The van der Waals surface area contributed by atoms with Crippen LogP contribution in [0.15, 0.2) is 41.6 Å². The van der Waals surface area contributed by atoms with Crippen molar-refractivity contribution in [2.75, 3.05) is 18.6 Å². The first kappa shape index (κ1) is 18.0. The quantitative estimate of drug-likeness (QED) is 0.651. The van der Waals surface area contributed by atoms with Gasteiger partial charge in [-0.15, -0.1) is 0 Å². The van der Waals surface area contributed by atoms with Crippen LogP contribution in [0.3, 0.4) is 0 Å². The number of sulfone groups is 1. The predicted molar refractivity (Wildman–Crippen MR) is 86.7 cm³/mol. The van der Waals surface area contributed by atoms with Crippen LogP contribution in [0.1, 0.15) is 18.4 Å². The standard InChI is InChI=1S/C16H19NO6S/c1-22-15(18)14(13-7-9-24(20,21)10-8-13)17-16(19)23-11-12-5-3-2-4-6-12/h2-6H,7-11H2,1H3,(H,17,19). The number of methoxy groups -OCH3 is 1. The van der Waals surface area contributed by atoms with Crippen LogP contribution in [0.2, 0.25) is 0 Å². The number of ether oxygens (including phenoxy) is 2. The molecule has 0 radical (unpaired) electrons. The molecule has 1 saturated heterocycles. The Balaban J connectivity index is 2.03. The zero-order chi connectivity index (χ0) is 17.6. The van der Waals surface area contributed by atoms with Gasteiger partial charge >= 0.3 is 12.1 Å². The summed E-state index contributed by atoms with van der Waals surface area (Å²) in [6.07, 6.45) is -0.419. The number of esters is 1. The third-order valence-corrected chi connectivity index (χ3v) is 5.26. The van der Waals surface area contributed by atoms with Crippen LogP contribution >= 0.6 is 0 Å². The Kier molecular flexibility index (Phi) is 5.97. The van der Waals surface area contributed by atoms with E-state index in [0.717, 1.165) is 5.56 Å². The molecule has 0 unspecified atom stereocenters. The first-order chi connectivity index (χ1) is 11.4. The van der Waals surface area contributed by atoms with E-state index in [4.69, 9.17) is 4.74 Å². The van der Waals surface area contributed by atoms with E-state index in [1.54, 1.807) is 12.1 Å². The molecule has 0 bridgehead atoms. The van der Waals surface area contributed by atoms with Crippen molar-refractivity contribution < 1.29 is 27.5 Å². The van der Waals surface area contributed by atoms with Crippen molar-refractivity contribution >= 4 is 21.9 Å². The number of allylic oxidation sites excluding steroid dienone is 1. The lowest BCUT2D eigenvalue weighted by molar-refractivity contribution is -0.136. The van der Waals surface area contributed by atoms with Gasteiger partial charge in [0.2, 0.25) is 0 Å². The summed E-state index contributed by atoms with van der Waals surface area (Å²) >= 11 is 0. The minimum Gasteiger partial charge on any atom is -0.464 e. The highest BCUT2D eigenvalue weighted by Gasteiger charge is 2.26. The van der Waals surface area contributed by atoms with Gasteiger partial charge in [0.05, 0.1) is 18.6 Å². The van der Waals surface area contributed by atoms with Crippen molar-refractivity contribution in [3.63, 3.8) is 0 Å². The Bertz CT molecular complexity index is 723. The minimum absolute atomic E-state index is 0.0366. The summed E-state index contributed by atoms with van der Waals surface area (Å²) in [5.41, 5.74) is 1.32. The third-order valence-electron chi connectivity index (χ3n) is 3.61. The molecule has 1 aromatic carbocycles. The Morgan fingerprint density at radius 1 is 1.12 bits per heavy atom. The van der Waals surface area contributed by atoms with Crippen LogP contribution in [0.25, 0.3) is 0 Å². The second-order valence-electron chi connectivity index (χ2n) is 5.31. The molecule has 1 aliphatic heterocycles. The number of amides is 1. The number of rotatable bonds is 4. The van der Waals surface area contributed by atoms with Crippen molar-refractivity contribution in [2.45, 2.75) is 19.4 Å². The zero-order valence-electron chi connectivity index (χ0n) is 13.3. The largest absolute Gasteiger partial charge is 0.464 e. The van der Waals surface area contributed by atoms with Crippen LogP contribution in [0.4, 0.5) is 4.79 Å². The highest BCUT2D eigenvalue weighted by atomic mass is 32.2. The summed E-state index contributed by atoms with van der Waals surface area (Å²) in [7, 11) is -1.89. The zero-order valence-corrected chi connectivity index (χ0v) is 14.1. The summed E-state index contributed by atoms with van der Waals surface area (Å²) in [6, 6.07) is 9.10. The number of carbonyl (C=O) groups is 2. The summed E-state index contributed by atoms with van der Waals surface area (Å²) < 4.78 is 32.7. The number of benzene rings is 1. The van der Waals surface area contributed by atoms with E-state index < -0.39 is 21.9 Å². The van der Waals surface area contributed by atoms with Gasteiger partial charge in [0.15, 0.2) is 9.84 Å². The van der Waals surface area contributed by atoms with Crippen LogP contribution in [-0.2, 0) is 30.7 Å². The number of alkyl carbamates (subject to hydrolysis) is 1. The van der Waals surface area contributed by atoms with Gasteiger partial charge < -0.3 is 9.47 Å². The normalized spacial score (nSPS) is 16.1. The monoisotopic (exact) mass is 353 g/mol. The molecule has 8 heteroatoms. The molecule has 1 amide bonds. The van der Waals surface area contributed by atoms with E-state index in [1.165, 1.54) is 7.11 Å². The van der Waals surface area contributed by atoms with E-state index in [0.29, 0.717) is 5.57 Å². The van der Waals surface area contributed by atoms with Gasteiger partial charge in [-0.05, 0) is 24.0 Å². The molecule has 130 valence electrons. The third kappa shape index (κ3) is 5.09. The van der Waals surface area contributed by atoms with Gasteiger partial charge in [0.25, 0.3) is 0 Å². The number of carbonyl (C=O) groups excluding carboxylic acids is 2. The van der Waals surface area contributed by atoms with Gasteiger partial charge in [-0.2, -0.15) is 0 Å². The fraction of sp³-hybridized carbons (Fsp3) is 0.375. The lowest BCUT2D eigenvalue weighted by atomic mass is 10.1. The Morgan fingerprint density at radius 3 is 2.33 bits per heavy atom. The van der Waals surface area contributed by atoms with Gasteiger partial charge in [-0.1, -0.05) is 30.3 Å². The molecule has 1 heterocycles. The van der Waals surface area contributed by atoms with E-state index in [2.05, 4.69) is 10.1 Å². The molecule has 0 aliphatic carbocycles. The average Bonchev–Trinajstić information content (AvgIpc) is 2.58. The predicted octanol–water partition coefficient (Wildman–Crippen LogP) is 1.55. The summed E-state index contributed by atoms with van der Waals surface area (Å²) in [4.78, 5) is 23.8. The Morgan fingerprint density at radius 2 is 1.75 bits per heavy atom. The molecular weight excluding hydrogens is 334 g/mol. The molecule has 2 rings (SSSR count). The fourth-order valence-corrected chi connectivity index (χ4v) is 3.60. The van der Waals surface area contributed by atoms with Gasteiger partial charge in [0, 0.05) is 0 Å². The first-order valence-corrected chi connectivity index (χ1v) is 9.22. The summed E-state index contributed by atoms with van der Waals surface area (Å²) in [5.74, 6) is -0.825. The van der Waals surface area contributed by atoms with Crippen LogP contribution in [-0.4, -0.2) is 39.1 Å². The van der Waals surface area contributed by atoms with E-state index in [1.807, 2.05) is 18.2 Å². The second-order valence-corrected chi connectivity index (χ2v) is 7.61. The smallest absolute Gasteiger partial charge is 0.412 e. The molecule has 0 saturated carbocycles. The molecule has 24 heavy (non-hydrogen) atoms. The van der Waals surface area contributed by atoms with E-state index >= 15 is 0 Å². The van der Waals surface area contributed by atoms with Crippen LogP contribution in [0.5, 0.6) is 0 Å². The lowest BCUT2D eigenvalue weighted by Crippen LogP contribution is -2.32. The first-order valence-electron chi connectivity index (χ1n) is 7.40. The average molecular weight is 353 g/mol. The van der Waals surface area contributed by atoms with E-state index in [-0.39, 0.29) is 36.7 Å². The Labute approximate surface area is 140 Å². The van der Waals surface area contributed by atoms with Gasteiger partial charge in [0.1, 0.15) is 12.3 Å². The molecule has 1 N–H and O–H groups in total. The number of nitrogens with one attached hydrogen (secondary N) is 1. The van der Waals surface area contributed by atoms with Crippen LogP contribution < -0.4 is 5.32 Å². The molecule has 0 atom stereocenters. The second kappa shape index (κ2) is 7.96. The maximum Gasteiger partial charge on any atom is 0.412 e.